The normalized spacial score (nSPS) is 31.6. The Hall–Kier alpha value is -0.0800. The quantitative estimate of drug-likeness (QED) is 0.644. The van der Waals surface area contributed by atoms with Crippen molar-refractivity contribution in [3.63, 3.8) is 0 Å². The van der Waals surface area contributed by atoms with Gasteiger partial charge in [0.15, 0.2) is 0 Å². The van der Waals surface area contributed by atoms with Crippen molar-refractivity contribution in [3.05, 3.63) is 0 Å². The predicted octanol–water partition coefficient (Wildman–Crippen LogP) is 1.15. The Morgan fingerprint density at radius 1 is 1.45 bits per heavy atom. The fourth-order valence-corrected chi connectivity index (χ4v) is 1.55. The summed E-state index contributed by atoms with van der Waals surface area (Å²) in [6, 6.07) is 0.576. The van der Waals surface area contributed by atoms with Crippen LogP contribution in [-0.2, 0) is 0 Å². The average Bonchev–Trinajstić information content (AvgIpc) is 2.31. The number of rotatable bonds is 3. The second-order valence-corrected chi connectivity index (χ2v) is 3.97. The molecule has 1 rings (SSSR count). The van der Waals surface area contributed by atoms with Gasteiger partial charge in [-0.3, -0.25) is 0 Å². The van der Waals surface area contributed by atoms with Crippen molar-refractivity contribution in [3.8, 4) is 0 Å². The van der Waals surface area contributed by atoms with Gasteiger partial charge in [-0.25, -0.2) is 0 Å². The molecule has 2 N–H and O–H groups in total. The Morgan fingerprint density at radius 2 is 2.18 bits per heavy atom. The van der Waals surface area contributed by atoms with Gasteiger partial charge in [-0.2, -0.15) is 0 Å². The van der Waals surface area contributed by atoms with E-state index in [0.29, 0.717) is 12.0 Å². The second-order valence-electron chi connectivity index (χ2n) is 3.97. The van der Waals surface area contributed by atoms with Crippen LogP contribution in [0.3, 0.4) is 0 Å². The molecule has 0 radical (unpaired) electrons. The number of hydrogen-bond acceptors (Lipinski definition) is 2. The van der Waals surface area contributed by atoms with Gasteiger partial charge < -0.3 is 10.4 Å². The van der Waals surface area contributed by atoms with Gasteiger partial charge in [0.25, 0.3) is 0 Å². The molecular formula is C9H19NO. The average molecular weight is 157 g/mol. The zero-order valence-corrected chi connectivity index (χ0v) is 7.51. The monoisotopic (exact) mass is 157 g/mol. The molecule has 0 aromatic heterocycles. The summed E-state index contributed by atoms with van der Waals surface area (Å²) >= 11 is 0. The highest BCUT2D eigenvalue weighted by Gasteiger charge is 2.21. The standard InChI is InChI=1S/C9H19NO/c1-7(2)6-10-8-3-4-9(11)5-8/h7-11H,3-6H2,1-2H3/t8-,9+/m0/s1. The van der Waals surface area contributed by atoms with Gasteiger partial charge in [-0.15, -0.1) is 0 Å². The van der Waals surface area contributed by atoms with Gasteiger partial charge in [0, 0.05) is 6.04 Å². The Kier molecular flexibility index (Phi) is 3.34. The molecule has 0 aliphatic heterocycles. The Bertz CT molecular complexity index is 114. The number of nitrogens with one attached hydrogen (secondary N) is 1. The van der Waals surface area contributed by atoms with E-state index in [1.165, 1.54) is 0 Å². The summed E-state index contributed by atoms with van der Waals surface area (Å²) in [5.74, 6) is 0.716. The minimum Gasteiger partial charge on any atom is -0.393 e. The van der Waals surface area contributed by atoms with Crippen molar-refractivity contribution in [2.75, 3.05) is 6.54 Å². The van der Waals surface area contributed by atoms with Crippen molar-refractivity contribution < 1.29 is 5.11 Å². The van der Waals surface area contributed by atoms with Crippen LogP contribution in [0.2, 0.25) is 0 Å². The molecule has 1 aliphatic carbocycles. The van der Waals surface area contributed by atoms with Crippen molar-refractivity contribution in [2.45, 2.75) is 45.3 Å². The molecule has 66 valence electrons. The highest BCUT2D eigenvalue weighted by atomic mass is 16.3. The largest absolute Gasteiger partial charge is 0.393 e. The fourth-order valence-electron chi connectivity index (χ4n) is 1.55. The Morgan fingerprint density at radius 3 is 2.64 bits per heavy atom. The zero-order chi connectivity index (χ0) is 8.27. The molecule has 0 heterocycles. The maximum atomic E-state index is 9.22. The van der Waals surface area contributed by atoms with E-state index in [1.807, 2.05) is 0 Å². The van der Waals surface area contributed by atoms with Gasteiger partial charge in [-0.1, -0.05) is 13.8 Å². The number of hydrogen-bond donors (Lipinski definition) is 2. The van der Waals surface area contributed by atoms with Crippen molar-refractivity contribution in [2.24, 2.45) is 5.92 Å². The molecule has 0 saturated heterocycles. The van der Waals surface area contributed by atoms with E-state index in [2.05, 4.69) is 19.2 Å². The lowest BCUT2D eigenvalue weighted by Gasteiger charge is -2.13. The van der Waals surface area contributed by atoms with Crippen LogP contribution in [-0.4, -0.2) is 23.8 Å². The lowest BCUT2D eigenvalue weighted by molar-refractivity contribution is 0.179. The minimum atomic E-state index is -0.0420. The molecule has 2 atom stereocenters. The summed E-state index contributed by atoms with van der Waals surface area (Å²) in [5, 5.41) is 12.7. The van der Waals surface area contributed by atoms with Gasteiger partial charge in [0.1, 0.15) is 0 Å². The van der Waals surface area contributed by atoms with E-state index in [4.69, 9.17) is 0 Å². The van der Waals surface area contributed by atoms with Crippen molar-refractivity contribution in [1.29, 1.82) is 0 Å². The molecule has 2 nitrogen and oxygen atoms in total. The lowest BCUT2D eigenvalue weighted by atomic mass is 10.2. The highest BCUT2D eigenvalue weighted by Crippen LogP contribution is 2.18. The van der Waals surface area contributed by atoms with Gasteiger partial charge in [0.2, 0.25) is 0 Å². The minimum absolute atomic E-state index is 0.0420. The highest BCUT2D eigenvalue weighted by molar-refractivity contribution is 4.79. The topological polar surface area (TPSA) is 32.3 Å². The molecule has 0 amide bonds. The smallest absolute Gasteiger partial charge is 0.0555 e. The molecular weight excluding hydrogens is 138 g/mol. The van der Waals surface area contributed by atoms with Crippen molar-refractivity contribution >= 4 is 0 Å². The fraction of sp³-hybridized carbons (Fsp3) is 1.00. The second kappa shape index (κ2) is 4.07. The maximum Gasteiger partial charge on any atom is 0.0555 e. The molecule has 1 fully saturated rings. The first-order chi connectivity index (χ1) is 5.18. The maximum absolute atomic E-state index is 9.22. The number of aliphatic hydroxyl groups excluding tert-OH is 1. The third-order valence-corrected chi connectivity index (χ3v) is 2.22. The van der Waals surface area contributed by atoms with Crippen LogP contribution in [0.5, 0.6) is 0 Å². The SMILES string of the molecule is CC(C)CN[C@H]1CC[C@@H](O)C1. The summed E-state index contributed by atoms with van der Waals surface area (Å²) in [5.41, 5.74) is 0. The summed E-state index contributed by atoms with van der Waals surface area (Å²) in [6.45, 7) is 5.49. The molecule has 1 aliphatic rings. The Balaban J connectivity index is 2.08. The summed E-state index contributed by atoms with van der Waals surface area (Å²) in [7, 11) is 0. The first-order valence-corrected chi connectivity index (χ1v) is 4.60. The van der Waals surface area contributed by atoms with E-state index in [0.717, 1.165) is 25.8 Å². The zero-order valence-electron chi connectivity index (χ0n) is 7.51. The van der Waals surface area contributed by atoms with Crippen LogP contribution in [0.1, 0.15) is 33.1 Å². The van der Waals surface area contributed by atoms with Crippen LogP contribution in [0.15, 0.2) is 0 Å². The first kappa shape index (κ1) is 9.01. The van der Waals surface area contributed by atoms with Crippen molar-refractivity contribution in [1.82, 2.24) is 5.32 Å². The van der Waals surface area contributed by atoms with Crippen LogP contribution in [0.4, 0.5) is 0 Å². The van der Waals surface area contributed by atoms with Crippen LogP contribution in [0, 0.1) is 5.92 Å². The summed E-state index contributed by atoms with van der Waals surface area (Å²) in [4.78, 5) is 0. The van der Waals surface area contributed by atoms with Crippen LogP contribution < -0.4 is 5.32 Å². The van der Waals surface area contributed by atoms with Crippen LogP contribution in [0.25, 0.3) is 0 Å². The third-order valence-electron chi connectivity index (χ3n) is 2.22. The molecule has 11 heavy (non-hydrogen) atoms. The van der Waals surface area contributed by atoms with Gasteiger partial charge >= 0.3 is 0 Å². The summed E-state index contributed by atoms with van der Waals surface area (Å²) in [6.07, 6.45) is 3.04. The molecule has 2 heteroatoms. The molecule has 0 bridgehead atoms. The third kappa shape index (κ3) is 3.21. The summed E-state index contributed by atoms with van der Waals surface area (Å²) < 4.78 is 0. The first-order valence-electron chi connectivity index (χ1n) is 4.60. The van der Waals surface area contributed by atoms with E-state index in [1.54, 1.807) is 0 Å². The van der Waals surface area contributed by atoms with E-state index < -0.39 is 0 Å². The molecule has 0 unspecified atom stereocenters. The Labute approximate surface area is 69.0 Å². The van der Waals surface area contributed by atoms with E-state index in [-0.39, 0.29) is 6.10 Å². The molecule has 0 aromatic carbocycles. The van der Waals surface area contributed by atoms with Gasteiger partial charge in [0.05, 0.1) is 6.10 Å². The predicted molar refractivity (Wildman–Crippen MR) is 46.5 cm³/mol. The van der Waals surface area contributed by atoms with E-state index in [9.17, 15) is 5.11 Å². The lowest BCUT2D eigenvalue weighted by Crippen LogP contribution is -2.30. The molecule has 1 saturated carbocycles. The molecule has 0 aromatic rings. The van der Waals surface area contributed by atoms with Crippen LogP contribution >= 0.6 is 0 Å². The molecule has 0 spiro atoms. The van der Waals surface area contributed by atoms with E-state index >= 15 is 0 Å². The van der Waals surface area contributed by atoms with Gasteiger partial charge in [-0.05, 0) is 31.7 Å². The number of aliphatic hydroxyl groups is 1.